The van der Waals surface area contributed by atoms with E-state index in [9.17, 15) is 18.0 Å². The number of anilines is 2. The second-order valence-electron chi connectivity index (χ2n) is 10.9. The van der Waals surface area contributed by atoms with Gasteiger partial charge in [0.2, 0.25) is 0 Å². The summed E-state index contributed by atoms with van der Waals surface area (Å²) >= 11 is 0. The maximum absolute atomic E-state index is 12.7. The molecule has 3 aromatic heterocycles. The fourth-order valence-electron chi connectivity index (χ4n) is 5.37. The summed E-state index contributed by atoms with van der Waals surface area (Å²) in [6, 6.07) is 13.4. The highest BCUT2D eigenvalue weighted by Gasteiger charge is 2.32. The lowest BCUT2D eigenvalue weighted by Crippen LogP contribution is -2.49. The number of aromatic nitrogens is 4. The van der Waals surface area contributed by atoms with Gasteiger partial charge < -0.3 is 15.5 Å². The highest BCUT2D eigenvalue weighted by Crippen LogP contribution is 2.31. The van der Waals surface area contributed by atoms with Crippen LogP contribution in [-0.4, -0.2) is 83.2 Å². The molecule has 1 aliphatic rings. The summed E-state index contributed by atoms with van der Waals surface area (Å²) in [6.45, 7) is 5.76. The first-order valence-corrected chi connectivity index (χ1v) is 14.3. The maximum Gasteiger partial charge on any atom is 0.401 e. The number of benzene rings is 1. The molecule has 1 saturated heterocycles. The van der Waals surface area contributed by atoms with Crippen LogP contribution in [0.3, 0.4) is 0 Å². The molecule has 2 N–H and O–H groups in total. The van der Waals surface area contributed by atoms with Crippen molar-refractivity contribution in [2.75, 3.05) is 56.5 Å². The molecule has 12 heteroatoms. The summed E-state index contributed by atoms with van der Waals surface area (Å²) in [5.41, 5.74) is 4.04. The van der Waals surface area contributed by atoms with E-state index < -0.39 is 12.7 Å². The molecular weight excluding hydrogens is 557 g/mol. The fourth-order valence-corrected chi connectivity index (χ4v) is 5.37. The lowest BCUT2D eigenvalue weighted by molar-refractivity contribution is -0.146. The Hall–Kier alpha value is -4.32. The van der Waals surface area contributed by atoms with Gasteiger partial charge in [0.05, 0.1) is 23.3 Å². The Labute approximate surface area is 248 Å². The van der Waals surface area contributed by atoms with Crippen LogP contribution in [-0.2, 0) is 0 Å². The number of pyridine rings is 2. The summed E-state index contributed by atoms with van der Waals surface area (Å²) in [6.07, 6.45) is 0.731. The van der Waals surface area contributed by atoms with Gasteiger partial charge in [0.25, 0.3) is 5.91 Å². The van der Waals surface area contributed by atoms with Crippen molar-refractivity contribution in [2.45, 2.75) is 25.9 Å². The lowest BCUT2D eigenvalue weighted by Gasteiger charge is -2.35. The van der Waals surface area contributed by atoms with Crippen LogP contribution < -0.4 is 15.5 Å². The van der Waals surface area contributed by atoms with Crippen molar-refractivity contribution in [1.82, 2.24) is 30.2 Å². The minimum atomic E-state index is -4.18. The zero-order valence-corrected chi connectivity index (χ0v) is 24.4. The van der Waals surface area contributed by atoms with Crippen molar-refractivity contribution in [3.63, 3.8) is 0 Å². The molecule has 226 valence electrons. The highest BCUT2D eigenvalue weighted by molar-refractivity contribution is 6.06. The van der Waals surface area contributed by atoms with Crippen LogP contribution in [0.4, 0.5) is 24.8 Å². The van der Waals surface area contributed by atoms with E-state index in [-0.39, 0.29) is 17.7 Å². The van der Waals surface area contributed by atoms with Gasteiger partial charge in [-0.1, -0.05) is 32.0 Å². The average Bonchev–Trinajstić information content (AvgIpc) is 3.02. The van der Waals surface area contributed by atoms with Crippen LogP contribution in [0, 0.1) is 5.92 Å². The molecule has 1 unspecified atom stereocenters. The zero-order chi connectivity index (χ0) is 30.6. The Morgan fingerprint density at radius 2 is 1.79 bits per heavy atom. The van der Waals surface area contributed by atoms with Gasteiger partial charge >= 0.3 is 6.18 Å². The molecule has 4 heterocycles. The normalized spacial score (nSPS) is 15.7. The number of para-hydroxylation sites is 1. The number of piperazine rings is 1. The van der Waals surface area contributed by atoms with Gasteiger partial charge in [-0.05, 0) is 35.6 Å². The molecule has 9 nitrogen and oxygen atoms in total. The van der Waals surface area contributed by atoms with E-state index in [1.165, 1.54) is 11.2 Å². The van der Waals surface area contributed by atoms with Crippen LogP contribution in [0.1, 0.15) is 35.7 Å². The third kappa shape index (κ3) is 7.19. The van der Waals surface area contributed by atoms with Gasteiger partial charge in [-0.3, -0.25) is 14.7 Å². The first-order valence-electron chi connectivity index (χ1n) is 14.3. The standard InChI is InChI=1S/C31H35F3N8O/c1-20(21(2)23-5-4-6-24-25(30(43)35-3)9-10-36-29(23)24)16-37-27-15-26(39-19-40-27)22-7-8-28(38-17-22)42-13-11-41(12-14-42)18-31(32,33)34/h4-10,15,17,19-21H,11-14,16,18H2,1-3H3,(H,35,43)(H,37,39,40)/t20?,21-/m1/s1. The van der Waals surface area contributed by atoms with Gasteiger partial charge in [-0.25, -0.2) is 15.0 Å². The molecule has 1 aromatic carbocycles. The fraction of sp³-hybridized carbons (Fsp3) is 0.387. The maximum atomic E-state index is 12.7. The van der Waals surface area contributed by atoms with Crippen molar-refractivity contribution < 1.29 is 18.0 Å². The molecular formula is C31H35F3N8O. The molecule has 4 aromatic rings. The molecule has 1 amide bonds. The van der Waals surface area contributed by atoms with Crippen LogP contribution in [0.15, 0.2) is 61.2 Å². The van der Waals surface area contributed by atoms with E-state index in [1.54, 1.807) is 25.5 Å². The zero-order valence-electron chi connectivity index (χ0n) is 24.4. The Kier molecular flexibility index (Phi) is 9.05. The Morgan fingerprint density at radius 1 is 1.00 bits per heavy atom. The van der Waals surface area contributed by atoms with Crippen molar-refractivity contribution in [3.05, 3.63) is 72.3 Å². The monoisotopic (exact) mass is 592 g/mol. The first kappa shape index (κ1) is 30.1. The Morgan fingerprint density at radius 3 is 2.49 bits per heavy atom. The Balaban J connectivity index is 1.21. The smallest absolute Gasteiger partial charge is 0.370 e. The topological polar surface area (TPSA) is 99.2 Å². The van der Waals surface area contributed by atoms with Crippen LogP contribution in [0.5, 0.6) is 0 Å². The summed E-state index contributed by atoms with van der Waals surface area (Å²) in [7, 11) is 1.62. The van der Waals surface area contributed by atoms with Crippen molar-refractivity contribution in [3.8, 4) is 11.3 Å². The van der Waals surface area contributed by atoms with E-state index in [0.29, 0.717) is 49.8 Å². The van der Waals surface area contributed by atoms with Crippen molar-refractivity contribution in [1.29, 1.82) is 0 Å². The predicted octanol–water partition coefficient (Wildman–Crippen LogP) is 4.98. The Bertz CT molecular complexity index is 1560. The third-order valence-electron chi connectivity index (χ3n) is 8.03. The number of carbonyl (C=O) groups is 1. The van der Waals surface area contributed by atoms with Gasteiger partial charge in [-0.15, -0.1) is 0 Å². The molecule has 2 atom stereocenters. The number of halogens is 3. The largest absolute Gasteiger partial charge is 0.401 e. The van der Waals surface area contributed by atoms with Gasteiger partial charge in [0, 0.05) is 69.2 Å². The molecule has 0 saturated carbocycles. The van der Waals surface area contributed by atoms with Gasteiger partial charge in [0.1, 0.15) is 18.0 Å². The van der Waals surface area contributed by atoms with E-state index in [0.717, 1.165) is 27.8 Å². The molecule has 0 bridgehead atoms. The van der Waals surface area contributed by atoms with E-state index in [1.807, 2.05) is 35.2 Å². The number of nitrogens with one attached hydrogen (secondary N) is 2. The van der Waals surface area contributed by atoms with Crippen LogP contribution >= 0.6 is 0 Å². The quantitative estimate of drug-likeness (QED) is 0.281. The molecule has 0 radical (unpaired) electrons. The van der Waals surface area contributed by atoms with Crippen molar-refractivity contribution in [2.24, 2.45) is 5.92 Å². The minimum absolute atomic E-state index is 0.140. The minimum Gasteiger partial charge on any atom is -0.370 e. The number of alkyl halides is 3. The number of amides is 1. The summed E-state index contributed by atoms with van der Waals surface area (Å²) in [5.74, 6) is 1.64. The molecule has 43 heavy (non-hydrogen) atoms. The number of carbonyl (C=O) groups excluding carboxylic acids is 1. The van der Waals surface area contributed by atoms with E-state index in [2.05, 4.69) is 50.5 Å². The van der Waals surface area contributed by atoms with E-state index in [4.69, 9.17) is 0 Å². The van der Waals surface area contributed by atoms with Crippen LogP contribution in [0.25, 0.3) is 22.2 Å². The third-order valence-corrected chi connectivity index (χ3v) is 8.03. The average molecular weight is 593 g/mol. The molecule has 1 aliphatic heterocycles. The summed E-state index contributed by atoms with van der Waals surface area (Å²) < 4.78 is 38.1. The van der Waals surface area contributed by atoms with Gasteiger partial charge in [-0.2, -0.15) is 13.2 Å². The number of fused-ring (bicyclic) bond motifs is 1. The first-order chi connectivity index (χ1) is 20.6. The van der Waals surface area contributed by atoms with E-state index >= 15 is 0 Å². The highest BCUT2D eigenvalue weighted by atomic mass is 19.4. The number of nitrogens with zero attached hydrogens (tertiary/aromatic N) is 6. The number of rotatable bonds is 9. The second kappa shape index (κ2) is 12.9. The number of hydrogen-bond acceptors (Lipinski definition) is 8. The second-order valence-corrected chi connectivity index (χ2v) is 10.9. The predicted molar refractivity (Wildman–Crippen MR) is 161 cm³/mol. The van der Waals surface area contributed by atoms with Crippen molar-refractivity contribution >= 4 is 28.4 Å². The molecule has 0 spiro atoms. The molecule has 5 rings (SSSR count). The molecule has 0 aliphatic carbocycles. The SMILES string of the molecule is CNC(=O)c1ccnc2c([C@H](C)C(C)CNc3cc(-c4ccc(N5CCN(CC(F)(F)F)CC5)nc4)ncn3)cccc12. The molecule has 1 fully saturated rings. The lowest BCUT2D eigenvalue weighted by atomic mass is 9.87. The number of hydrogen-bond donors (Lipinski definition) is 2. The summed E-state index contributed by atoms with van der Waals surface area (Å²) in [4.78, 5) is 33.8. The van der Waals surface area contributed by atoms with Gasteiger partial charge in [0.15, 0.2) is 0 Å². The summed E-state index contributed by atoms with van der Waals surface area (Å²) in [5, 5.41) is 6.95. The van der Waals surface area contributed by atoms with Crippen LogP contribution in [0.2, 0.25) is 0 Å².